The van der Waals surface area contributed by atoms with E-state index in [0.29, 0.717) is 0 Å². The van der Waals surface area contributed by atoms with Crippen LogP contribution < -0.4 is 0 Å². The first-order valence-corrected chi connectivity index (χ1v) is 12.9. The summed E-state index contributed by atoms with van der Waals surface area (Å²) in [6.07, 6.45) is 2.21. The first-order valence-electron chi connectivity index (χ1n) is 9.74. The van der Waals surface area contributed by atoms with Gasteiger partial charge in [-0.2, -0.15) is 0 Å². The Hall–Kier alpha value is 0.234. The van der Waals surface area contributed by atoms with Crippen LogP contribution in [-0.4, -0.2) is 82.7 Å². The second kappa shape index (κ2) is 14.3. The fourth-order valence-corrected chi connectivity index (χ4v) is 4.24. The largest absolute Gasteiger partial charge is 0.427 e. The molecule has 0 saturated heterocycles. The normalized spacial score (nSPS) is 13.9. The molecule has 0 amide bonds. The Morgan fingerprint density at radius 1 is 0.760 bits per heavy atom. The van der Waals surface area contributed by atoms with Crippen molar-refractivity contribution >= 4 is 19.5 Å². The van der Waals surface area contributed by atoms with E-state index in [0.717, 1.165) is 45.7 Å². The number of likely N-dealkylation sites (N-methyl/N-ethyl adjacent to an activating group) is 1. The van der Waals surface area contributed by atoms with Crippen LogP contribution in [0.25, 0.3) is 0 Å². The Balaban J connectivity index is 4.18. The van der Waals surface area contributed by atoms with Crippen LogP contribution in [0.1, 0.15) is 47.5 Å². The van der Waals surface area contributed by atoms with Gasteiger partial charge in [0.25, 0.3) is 0 Å². The van der Waals surface area contributed by atoms with E-state index in [1.165, 1.54) is 12.1 Å². The van der Waals surface area contributed by atoms with Crippen molar-refractivity contribution in [1.82, 2.24) is 4.90 Å². The van der Waals surface area contributed by atoms with Gasteiger partial charge in [-0.05, 0) is 59.2 Å². The summed E-state index contributed by atoms with van der Waals surface area (Å²) in [5.74, 6) is 0. The van der Waals surface area contributed by atoms with Gasteiger partial charge in [0.2, 0.25) is 0 Å². The summed E-state index contributed by atoms with van der Waals surface area (Å²) in [6, 6.07) is 2.38. The summed E-state index contributed by atoms with van der Waals surface area (Å²) < 4.78 is 22.7. The van der Waals surface area contributed by atoms with E-state index >= 15 is 0 Å². The van der Waals surface area contributed by atoms with Crippen molar-refractivity contribution in [1.29, 1.82) is 0 Å². The number of hydrogen-bond donors (Lipinski definition) is 0. The highest BCUT2D eigenvalue weighted by atomic mass is 28.2. The molecule has 0 N–H and O–H groups in total. The van der Waals surface area contributed by atoms with Gasteiger partial charge in [-0.15, -0.1) is 0 Å². The standard InChI is InChI=1S/C18H43NO4Si2/c1-8-19(15-17(2,3)22-11-9-13-24-20-6)16-18(4,5)23-12-10-14-25-21-7/h8-16,24-25H2,1-7H3. The zero-order valence-corrected chi connectivity index (χ0v) is 20.7. The Labute approximate surface area is 161 Å². The fraction of sp³-hybridized carbons (Fsp3) is 1.00. The molecule has 0 aromatic carbocycles. The number of rotatable bonds is 17. The lowest BCUT2D eigenvalue weighted by molar-refractivity contribution is -0.0717. The first kappa shape index (κ1) is 25.2. The molecule has 0 atom stereocenters. The molecule has 0 fully saturated rings. The maximum absolute atomic E-state index is 6.12. The minimum absolute atomic E-state index is 0.134. The SMILES string of the molecule is CCN(CC(C)(C)OCCC[SiH2]OC)CC(C)(C)OCCC[SiH2]OC. The van der Waals surface area contributed by atoms with Gasteiger partial charge >= 0.3 is 0 Å². The lowest BCUT2D eigenvalue weighted by Gasteiger charge is -2.37. The molecule has 0 unspecified atom stereocenters. The van der Waals surface area contributed by atoms with Crippen LogP contribution in [0.15, 0.2) is 0 Å². The topological polar surface area (TPSA) is 40.2 Å². The van der Waals surface area contributed by atoms with Crippen molar-refractivity contribution in [3.05, 3.63) is 0 Å². The lowest BCUT2D eigenvalue weighted by Crippen LogP contribution is -2.47. The van der Waals surface area contributed by atoms with Gasteiger partial charge in [0.05, 0.1) is 11.2 Å². The minimum Gasteiger partial charge on any atom is -0.427 e. The molecule has 0 spiro atoms. The molecule has 0 heterocycles. The molecule has 152 valence electrons. The molecule has 7 heteroatoms. The van der Waals surface area contributed by atoms with E-state index in [2.05, 4.69) is 39.5 Å². The molecule has 0 aliphatic carbocycles. The molecule has 0 bridgehead atoms. The molecule has 0 radical (unpaired) electrons. The average molecular weight is 394 g/mol. The second-order valence-electron chi connectivity index (χ2n) is 7.92. The van der Waals surface area contributed by atoms with Crippen LogP contribution in [0.4, 0.5) is 0 Å². The Morgan fingerprint density at radius 3 is 1.48 bits per heavy atom. The highest BCUT2D eigenvalue weighted by Gasteiger charge is 2.27. The van der Waals surface area contributed by atoms with E-state index in [1.54, 1.807) is 14.2 Å². The lowest BCUT2D eigenvalue weighted by atomic mass is 10.1. The van der Waals surface area contributed by atoms with Crippen LogP contribution >= 0.6 is 0 Å². The molecule has 0 aliphatic heterocycles. The summed E-state index contributed by atoms with van der Waals surface area (Å²) in [5.41, 5.74) is -0.268. The maximum Gasteiger partial charge on any atom is 0.161 e. The molecule has 0 saturated carbocycles. The minimum atomic E-state index is -0.318. The van der Waals surface area contributed by atoms with Gasteiger partial charge in [0, 0.05) is 40.5 Å². The van der Waals surface area contributed by atoms with Gasteiger partial charge in [-0.1, -0.05) is 6.92 Å². The van der Waals surface area contributed by atoms with Gasteiger partial charge in [0.15, 0.2) is 19.5 Å². The summed E-state index contributed by atoms with van der Waals surface area (Å²) in [6.45, 7) is 15.5. The van der Waals surface area contributed by atoms with Crippen molar-refractivity contribution in [2.45, 2.75) is 70.8 Å². The highest BCUT2D eigenvalue weighted by molar-refractivity contribution is 6.27. The maximum atomic E-state index is 6.12. The summed E-state index contributed by atoms with van der Waals surface area (Å²) in [5, 5.41) is 0. The van der Waals surface area contributed by atoms with Gasteiger partial charge in [-0.25, -0.2) is 0 Å². The number of nitrogens with zero attached hydrogens (tertiary/aromatic N) is 1. The van der Waals surface area contributed by atoms with Gasteiger partial charge < -0.3 is 18.3 Å². The van der Waals surface area contributed by atoms with Crippen molar-refractivity contribution in [2.75, 3.05) is 47.1 Å². The van der Waals surface area contributed by atoms with E-state index in [-0.39, 0.29) is 30.7 Å². The predicted octanol–water partition coefficient (Wildman–Crippen LogP) is 1.98. The molecular weight excluding hydrogens is 350 g/mol. The van der Waals surface area contributed by atoms with E-state index in [4.69, 9.17) is 18.3 Å². The van der Waals surface area contributed by atoms with Crippen molar-refractivity contribution < 1.29 is 18.3 Å². The first-order chi connectivity index (χ1) is 11.8. The predicted molar refractivity (Wildman–Crippen MR) is 112 cm³/mol. The van der Waals surface area contributed by atoms with Crippen LogP contribution in [0.5, 0.6) is 0 Å². The Morgan fingerprint density at radius 2 is 1.16 bits per heavy atom. The molecule has 0 aromatic rings. The van der Waals surface area contributed by atoms with Gasteiger partial charge in [-0.3, -0.25) is 4.90 Å². The molecule has 5 nitrogen and oxygen atoms in total. The fourth-order valence-electron chi connectivity index (χ4n) is 2.84. The number of hydrogen-bond acceptors (Lipinski definition) is 5. The van der Waals surface area contributed by atoms with Crippen molar-refractivity contribution in [3.8, 4) is 0 Å². The number of ether oxygens (including phenoxy) is 2. The van der Waals surface area contributed by atoms with Crippen LogP contribution in [0.3, 0.4) is 0 Å². The smallest absolute Gasteiger partial charge is 0.161 e. The monoisotopic (exact) mass is 393 g/mol. The molecule has 0 aliphatic rings. The van der Waals surface area contributed by atoms with Crippen molar-refractivity contribution in [3.63, 3.8) is 0 Å². The average Bonchev–Trinajstić information content (AvgIpc) is 2.53. The molecule has 0 rings (SSSR count). The third-order valence-corrected chi connectivity index (χ3v) is 6.52. The van der Waals surface area contributed by atoms with Crippen LogP contribution in [0.2, 0.25) is 12.1 Å². The van der Waals surface area contributed by atoms with E-state index in [9.17, 15) is 0 Å². The third-order valence-electron chi connectivity index (χ3n) is 4.13. The van der Waals surface area contributed by atoms with E-state index < -0.39 is 0 Å². The second-order valence-corrected chi connectivity index (χ2v) is 11.3. The van der Waals surface area contributed by atoms with Crippen LogP contribution in [0, 0.1) is 0 Å². The zero-order chi connectivity index (χ0) is 19.2. The zero-order valence-electron chi connectivity index (χ0n) is 17.9. The van der Waals surface area contributed by atoms with Gasteiger partial charge in [0.1, 0.15) is 0 Å². The summed E-state index contributed by atoms with van der Waals surface area (Å²) in [4.78, 5) is 2.44. The van der Waals surface area contributed by atoms with E-state index in [1.807, 2.05) is 0 Å². The molecular formula is C18H43NO4Si2. The summed E-state index contributed by atoms with van der Waals surface area (Å²) in [7, 11) is 2.97. The Kier molecular flexibility index (Phi) is 14.4. The quantitative estimate of drug-likeness (QED) is 0.279. The Bertz CT molecular complexity index is 289. The summed E-state index contributed by atoms with van der Waals surface area (Å²) >= 11 is 0. The van der Waals surface area contributed by atoms with Crippen LogP contribution in [-0.2, 0) is 18.3 Å². The van der Waals surface area contributed by atoms with Crippen molar-refractivity contribution in [2.24, 2.45) is 0 Å². The molecule has 0 aromatic heterocycles. The highest BCUT2D eigenvalue weighted by Crippen LogP contribution is 2.17. The third kappa shape index (κ3) is 15.0. The molecule has 25 heavy (non-hydrogen) atoms.